The van der Waals surface area contributed by atoms with Crippen molar-refractivity contribution in [1.29, 1.82) is 0 Å². The Labute approximate surface area is 103 Å². The molecule has 0 amide bonds. The van der Waals surface area contributed by atoms with Crippen molar-refractivity contribution < 1.29 is 0 Å². The van der Waals surface area contributed by atoms with Crippen molar-refractivity contribution in [3.63, 3.8) is 0 Å². The van der Waals surface area contributed by atoms with Gasteiger partial charge in [0.05, 0.1) is 0 Å². The molecule has 0 nitrogen and oxygen atoms in total. The van der Waals surface area contributed by atoms with Gasteiger partial charge in [-0.25, -0.2) is 0 Å². The van der Waals surface area contributed by atoms with E-state index in [0.717, 1.165) is 0 Å². The molecule has 86 valence electrons. The van der Waals surface area contributed by atoms with Crippen LogP contribution < -0.4 is 4.40 Å². The summed E-state index contributed by atoms with van der Waals surface area (Å²) in [5, 5.41) is 0. The van der Waals surface area contributed by atoms with Gasteiger partial charge in [-0.2, -0.15) is 0 Å². The quantitative estimate of drug-likeness (QED) is 0.690. The van der Waals surface area contributed by atoms with Crippen LogP contribution in [0, 0.1) is 0 Å². The zero-order chi connectivity index (χ0) is 12.1. The van der Waals surface area contributed by atoms with Crippen molar-refractivity contribution in [3.05, 3.63) is 33.9 Å². The molecule has 1 aromatic rings. The number of hydrogen-bond acceptors (Lipinski definition) is 0. The molecule has 0 fully saturated rings. The standard InChI is InChI=1S/C14H22GeSi/c1-11-12-9-7-8-10-13(12)15(2,3)14(11)16(4,5)6/h7-10H,1-6H3. The molecule has 2 rings (SSSR count). The Morgan fingerprint density at radius 2 is 1.56 bits per heavy atom. The summed E-state index contributed by atoms with van der Waals surface area (Å²) in [6.07, 6.45) is 0. The first-order valence-corrected chi connectivity index (χ1v) is 15.9. The zero-order valence-electron chi connectivity index (χ0n) is 11.3. The van der Waals surface area contributed by atoms with Crippen molar-refractivity contribution in [1.82, 2.24) is 0 Å². The molecule has 16 heavy (non-hydrogen) atoms. The predicted octanol–water partition coefficient (Wildman–Crippen LogP) is 3.81. The first-order chi connectivity index (χ1) is 7.26. The Morgan fingerprint density at radius 3 is 2.06 bits per heavy atom. The van der Waals surface area contributed by atoms with Crippen LogP contribution in [0.1, 0.15) is 12.5 Å². The van der Waals surface area contributed by atoms with Crippen molar-refractivity contribution in [2.24, 2.45) is 0 Å². The molecule has 1 aliphatic heterocycles. The minimum atomic E-state index is -1.90. The van der Waals surface area contributed by atoms with Crippen LogP contribution >= 0.6 is 0 Å². The van der Waals surface area contributed by atoms with Crippen molar-refractivity contribution in [2.45, 2.75) is 38.1 Å². The molecule has 0 unspecified atom stereocenters. The number of hydrogen-bond donors (Lipinski definition) is 0. The van der Waals surface area contributed by atoms with Gasteiger partial charge in [0.1, 0.15) is 0 Å². The van der Waals surface area contributed by atoms with Gasteiger partial charge in [0, 0.05) is 0 Å². The number of benzene rings is 1. The van der Waals surface area contributed by atoms with Crippen LogP contribution in [0.5, 0.6) is 0 Å². The Kier molecular flexibility index (Phi) is 2.75. The average molecular weight is 291 g/mol. The normalized spacial score (nSPS) is 18.9. The molecule has 0 bridgehead atoms. The fourth-order valence-electron chi connectivity index (χ4n) is 3.59. The van der Waals surface area contributed by atoms with Gasteiger partial charge in [0.2, 0.25) is 0 Å². The first kappa shape index (κ1) is 12.2. The van der Waals surface area contributed by atoms with Gasteiger partial charge in [-0.1, -0.05) is 0 Å². The van der Waals surface area contributed by atoms with Gasteiger partial charge in [0.25, 0.3) is 0 Å². The molecule has 0 spiro atoms. The van der Waals surface area contributed by atoms with Crippen LogP contribution in [0.3, 0.4) is 0 Å². The summed E-state index contributed by atoms with van der Waals surface area (Å²) in [4.78, 5) is 0. The van der Waals surface area contributed by atoms with E-state index >= 15 is 0 Å². The van der Waals surface area contributed by atoms with Gasteiger partial charge in [-0.3, -0.25) is 0 Å². The van der Waals surface area contributed by atoms with Gasteiger partial charge < -0.3 is 0 Å². The Bertz CT molecular complexity index is 464. The summed E-state index contributed by atoms with van der Waals surface area (Å²) in [6, 6.07) is 9.11. The molecular formula is C14H22GeSi. The topological polar surface area (TPSA) is 0 Å². The van der Waals surface area contributed by atoms with E-state index in [9.17, 15) is 0 Å². The van der Waals surface area contributed by atoms with Crippen LogP contribution in [-0.2, 0) is 0 Å². The fourth-order valence-corrected chi connectivity index (χ4v) is 25.1. The summed E-state index contributed by atoms with van der Waals surface area (Å²) in [7, 11) is -1.16. The summed E-state index contributed by atoms with van der Waals surface area (Å²) < 4.78 is 3.62. The number of allylic oxidation sites excluding steroid dienone is 1. The zero-order valence-corrected chi connectivity index (χ0v) is 14.4. The molecule has 0 saturated heterocycles. The van der Waals surface area contributed by atoms with Crippen LogP contribution in [0.4, 0.5) is 0 Å². The summed E-state index contributed by atoms with van der Waals surface area (Å²) in [5.41, 5.74) is 3.18. The van der Waals surface area contributed by atoms with E-state index in [1.54, 1.807) is 15.5 Å². The average Bonchev–Trinajstić information content (AvgIpc) is 2.34. The van der Waals surface area contributed by atoms with E-state index in [4.69, 9.17) is 0 Å². The third-order valence-corrected chi connectivity index (χ3v) is 20.7. The van der Waals surface area contributed by atoms with E-state index in [2.05, 4.69) is 62.3 Å². The van der Waals surface area contributed by atoms with Crippen molar-refractivity contribution in [3.8, 4) is 0 Å². The number of rotatable bonds is 1. The first-order valence-electron chi connectivity index (χ1n) is 6.08. The SMILES string of the molecule is CC1=[C]([Si](C)(C)C)[Ge]([CH3])([CH3])[c]2ccccc21. The molecule has 0 aromatic heterocycles. The van der Waals surface area contributed by atoms with Gasteiger partial charge in [-0.15, -0.1) is 0 Å². The van der Waals surface area contributed by atoms with Crippen LogP contribution in [0.15, 0.2) is 28.3 Å². The van der Waals surface area contributed by atoms with E-state index in [1.165, 1.54) is 0 Å². The van der Waals surface area contributed by atoms with Gasteiger partial charge in [-0.05, 0) is 0 Å². The molecule has 1 aromatic carbocycles. The molecule has 0 radical (unpaired) electrons. The van der Waals surface area contributed by atoms with Gasteiger partial charge in [0.15, 0.2) is 0 Å². The predicted molar refractivity (Wildman–Crippen MR) is 79.5 cm³/mol. The Morgan fingerprint density at radius 1 is 1.00 bits per heavy atom. The van der Waals surface area contributed by atoms with Gasteiger partial charge >= 0.3 is 103 Å². The second-order valence-electron chi connectivity index (χ2n) is 6.42. The second-order valence-corrected chi connectivity index (χ2v) is 21.5. The van der Waals surface area contributed by atoms with Crippen LogP contribution in [-0.4, -0.2) is 21.3 Å². The Balaban J connectivity index is 2.72. The monoisotopic (exact) mass is 292 g/mol. The Hall–Kier alpha value is -0.280. The van der Waals surface area contributed by atoms with Crippen molar-refractivity contribution >= 4 is 31.3 Å². The van der Waals surface area contributed by atoms with E-state index < -0.39 is 21.3 Å². The van der Waals surface area contributed by atoms with Crippen LogP contribution in [0.2, 0.25) is 31.2 Å². The molecule has 1 aliphatic rings. The molecular weight excluding hydrogens is 269 g/mol. The van der Waals surface area contributed by atoms with E-state index in [-0.39, 0.29) is 0 Å². The second kappa shape index (κ2) is 3.61. The molecule has 1 heterocycles. The molecule has 0 saturated carbocycles. The van der Waals surface area contributed by atoms with Crippen LogP contribution in [0.25, 0.3) is 5.57 Å². The maximum atomic E-state index is 2.57. The van der Waals surface area contributed by atoms with E-state index in [0.29, 0.717) is 0 Å². The maximum absolute atomic E-state index is 2.57. The fraction of sp³-hybridized carbons (Fsp3) is 0.429. The summed E-state index contributed by atoms with van der Waals surface area (Å²) in [6.45, 7) is 9.87. The molecule has 0 atom stereocenters. The molecule has 0 N–H and O–H groups in total. The third-order valence-electron chi connectivity index (χ3n) is 3.75. The summed E-state index contributed by atoms with van der Waals surface area (Å²) >= 11 is -1.90. The number of fused-ring (bicyclic) bond motifs is 1. The minimum absolute atomic E-state index is 1.16. The third kappa shape index (κ3) is 1.65. The van der Waals surface area contributed by atoms with E-state index in [1.807, 2.05) is 4.03 Å². The van der Waals surface area contributed by atoms with Crippen molar-refractivity contribution in [2.75, 3.05) is 0 Å². The summed E-state index contributed by atoms with van der Waals surface area (Å²) in [5.74, 6) is 5.14. The molecule has 0 aliphatic carbocycles. The molecule has 2 heteroatoms.